The summed E-state index contributed by atoms with van der Waals surface area (Å²) in [5, 5.41) is 3.46. The van der Waals surface area contributed by atoms with Crippen molar-refractivity contribution in [3.8, 4) is 5.88 Å². The summed E-state index contributed by atoms with van der Waals surface area (Å²) >= 11 is 0. The van der Waals surface area contributed by atoms with Crippen molar-refractivity contribution in [3.63, 3.8) is 0 Å². The summed E-state index contributed by atoms with van der Waals surface area (Å²) in [5.41, 5.74) is 4.28. The summed E-state index contributed by atoms with van der Waals surface area (Å²) in [4.78, 5) is 4.47. The maximum absolute atomic E-state index is 5.93. The van der Waals surface area contributed by atoms with Crippen molar-refractivity contribution >= 4 is 0 Å². The van der Waals surface area contributed by atoms with Gasteiger partial charge in [0, 0.05) is 17.2 Å². The Kier molecular flexibility index (Phi) is 3.15. The molecule has 21 heavy (non-hydrogen) atoms. The maximum Gasteiger partial charge on any atom is 0.217 e. The van der Waals surface area contributed by atoms with Gasteiger partial charge >= 0.3 is 0 Å². The number of hydrogen-bond acceptors (Lipinski definition) is 3. The lowest BCUT2D eigenvalue weighted by Gasteiger charge is -2.33. The van der Waals surface area contributed by atoms with Gasteiger partial charge in [-0.1, -0.05) is 30.3 Å². The molecule has 0 amide bonds. The molecule has 0 bridgehead atoms. The molecule has 3 nitrogen and oxygen atoms in total. The molecule has 1 N–H and O–H groups in total. The van der Waals surface area contributed by atoms with Gasteiger partial charge in [0.05, 0.1) is 6.61 Å². The predicted molar refractivity (Wildman–Crippen MR) is 82.8 cm³/mol. The van der Waals surface area contributed by atoms with E-state index in [0.29, 0.717) is 0 Å². The molecule has 1 fully saturated rings. The Balaban J connectivity index is 1.74. The molecule has 1 aromatic carbocycles. The highest BCUT2D eigenvalue weighted by molar-refractivity contribution is 5.47. The van der Waals surface area contributed by atoms with E-state index in [0.717, 1.165) is 44.8 Å². The van der Waals surface area contributed by atoms with Gasteiger partial charge in [-0.3, -0.25) is 0 Å². The van der Waals surface area contributed by atoms with Crippen LogP contribution in [0, 0.1) is 0 Å². The standard InChI is InChI=1S/C18H20N2O/c1-2-4-14(5-3-1)12-15-6-9-20-17-16(15)18(13-21-17)7-10-19-11-8-18/h1-6,9,19H,7-8,10-13H2. The Hall–Kier alpha value is -1.87. The Labute approximate surface area is 125 Å². The number of aromatic nitrogens is 1. The molecule has 0 atom stereocenters. The van der Waals surface area contributed by atoms with E-state index in [9.17, 15) is 0 Å². The van der Waals surface area contributed by atoms with Gasteiger partial charge in [0.25, 0.3) is 0 Å². The molecule has 0 radical (unpaired) electrons. The molecular weight excluding hydrogens is 260 g/mol. The minimum atomic E-state index is 0.180. The fraction of sp³-hybridized carbons (Fsp3) is 0.389. The van der Waals surface area contributed by atoms with Gasteiger partial charge in [-0.2, -0.15) is 0 Å². The summed E-state index contributed by atoms with van der Waals surface area (Å²) in [6, 6.07) is 12.8. The highest BCUT2D eigenvalue weighted by atomic mass is 16.5. The van der Waals surface area contributed by atoms with Crippen LogP contribution < -0.4 is 10.1 Å². The van der Waals surface area contributed by atoms with Crippen LogP contribution in [-0.2, 0) is 11.8 Å². The Morgan fingerprint density at radius 3 is 2.71 bits per heavy atom. The van der Waals surface area contributed by atoms with Gasteiger partial charge in [-0.25, -0.2) is 4.98 Å². The average molecular weight is 280 g/mol. The van der Waals surface area contributed by atoms with Gasteiger partial charge in [-0.05, 0) is 49.5 Å². The van der Waals surface area contributed by atoms with E-state index in [2.05, 4.69) is 46.7 Å². The first-order chi connectivity index (χ1) is 10.4. The second kappa shape index (κ2) is 5.15. The van der Waals surface area contributed by atoms with Crippen molar-refractivity contribution < 1.29 is 4.74 Å². The topological polar surface area (TPSA) is 34.2 Å². The first-order valence-corrected chi connectivity index (χ1v) is 7.73. The number of hydrogen-bond donors (Lipinski definition) is 1. The lowest BCUT2D eigenvalue weighted by Crippen LogP contribution is -2.41. The molecular formula is C18H20N2O. The number of pyridine rings is 1. The van der Waals surface area contributed by atoms with E-state index in [-0.39, 0.29) is 5.41 Å². The number of ether oxygens (including phenoxy) is 1. The Bertz CT molecular complexity index is 627. The summed E-state index contributed by atoms with van der Waals surface area (Å²) in [7, 11) is 0. The molecule has 2 aliphatic rings. The quantitative estimate of drug-likeness (QED) is 0.918. The van der Waals surface area contributed by atoms with E-state index in [4.69, 9.17) is 4.74 Å². The van der Waals surface area contributed by atoms with Crippen LogP contribution in [0.25, 0.3) is 0 Å². The minimum Gasteiger partial charge on any atom is -0.476 e. The van der Waals surface area contributed by atoms with Gasteiger partial charge in [0.1, 0.15) is 0 Å². The molecule has 1 aromatic heterocycles. The molecule has 1 saturated heterocycles. The highest BCUT2D eigenvalue weighted by Crippen LogP contribution is 2.45. The Morgan fingerprint density at radius 2 is 1.90 bits per heavy atom. The van der Waals surface area contributed by atoms with Crippen molar-refractivity contribution in [2.75, 3.05) is 19.7 Å². The third-order valence-electron chi connectivity index (χ3n) is 4.82. The fourth-order valence-corrected chi connectivity index (χ4v) is 3.70. The number of fused-ring (bicyclic) bond motifs is 2. The van der Waals surface area contributed by atoms with Crippen LogP contribution in [-0.4, -0.2) is 24.7 Å². The van der Waals surface area contributed by atoms with Crippen LogP contribution in [0.15, 0.2) is 42.6 Å². The number of benzene rings is 1. The monoisotopic (exact) mass is 280 g/mol. The summed E-state index contributed by atoms with van der Waals surface area (Å²) < 4.78 is 5.93. The summed E-state index contributed by atoms with van der Waals surface area (Å²) in [6.45, 7) is 2.94. The van der Waals surface area contributed by atoms with Crippen LogP contribution >= 0.6 is 0 Å². The molecule has 3 heteroatoms. The van der Waals surface area contributed by atoms with Crippen molar-refractivity contribution in [1.29, 1.82) is 0 Å². The van der Waals surface area contributed by atoms with Gasteiger partial charge in [-0.15, -0.1) is 0 Å². The van der Waals surface area contributed by atoms with Crippen molar-refractivity contribution in [3.05, 3.63) is 59.3 Å². The molecule has 0 saturated carbocycles. The van der Waals surface area contributed by atoms with Crippen molar-refractivity contribution in [2.24, 2.45) is 0 Å². The molecule has 4 rings (SSSR count). The van der Waals surface area contributed by atoms with Crippen molar-refractivity contribution in [1.82, 2.24) is 10.3 Å². The zero-order chi connectivity index (χ0) is 14.1. The molecule has 2 aromatic rings. The summed E-state index contributed by atoms with van der Waals surface area (Å²) in [5.74, 6) is 0.866. The second-order valence-electron chi connectivity index (χ2n) is 6.13. The second-order valence-corrected chi connectivity index (χ2v) is 6.13. The molecule has 0 unspecified atom stereocenters. The van der Waals surface area contributed by atoms with Gasteiger partial charge < -0.3 is 10.1 Å². The zero-order valence-corrected chi connectivity index (χ0v) is 12.1. The largest absolute Gasteiger partial charge is 0.476 e. The lowest BCUT2D eigenvalue weighted by atomic mass is 9.73. The fourth-order valence-electron chi connectivity index (χ4n) is 3.70. The first kappa shape index (κ1) is 12.8. The molecule has 0 aliphatic carbocycles. The lowest BCUT2D eigenvalue weighted by molar-refractivity contribution is 0.217. The third-order valence-corrected chi connectivity index (χ3v) is 4.82. The molecule has 108 valence electrons. The van der Waals surface area contributed by atoms with Gasteiger partial charge in [0.2, 0.25) is 5.88 Å². The van der Waals surface area contributed by atoms with E-state index >= 15 is 0 Å². The van der Waals surface area contributed by atoms with E-state index in [1.165, 1.54) is 16.7 Å². The number of nitrogens with zero attached hydrogens (tertiary/aromatic N) is 1. The molecule has 1 spiro atoms. The van der Waals surface area contributed by atoms with E-state index in [1.54, 1.807) is 0 Å². The number of piperidine rings is 1. The normalized spacial score (nSPS) is 19.2. The number of rotatable bonds is 2. The minimum absolute atomic E-state index is 0.180. The van der Waals surface area contributed by atoms with Crippen molar-refractivity contribution in [2.45, 2.75) is 24.7 Å². The average Bonchev–Trinajstić information content (AvgIpc) is 2.89. The Morgan fingerprint density at radius 1 is 1.10 bits per heavy atom. The van der Waals surface area contributed by atoms with Crippen LogP contribution in [0.3, 0.4) is 0 Å². The smallest absolute Gasteiger partial charge is 0.217 e. The van der Waals surface area contributed by atoms with Crippen LogP contribution in [0.2, 0.25) is 0 Å². The first-order valence-electron chi connectivity index (χ1n) is 7.73. The number of nitrogens with one attached hydrogen (secondary N) is 1. The SMILES string of the molecule is c1ccc(Cc2ccnc3c2C2(CCNCC2)CO3)cc1. The van der Waals surface area contributed by atoms with Crippen LogP contribution in [0.5, 0.6) is 5.88 Å². The summed E-state index contributed by atoms with van der Waals surface area (Å²) in [6.07, 6.45) is 5.14. The van der Waals surface area contributed by atoms with Gasteiger partial charge in [0.15, 0.2) is 0 Å². The predicted octanol–water partition coefficient (Wildman–Crippen LogP) is 2.69. The molecule has 3 heterocycles. The van der Waals surface area contributed by atoms with E-state index < -0.39 is 0 Å². The van der Waals surface area contributed by atoms with Crippen LogP contribution in [0.1, 0.15) is 29.5 Å². The maximum atomic E-state index is 5.93. The van der Waals surface area contributed by atoms with E-state index in [1.807, 2.05) is 6.20 Å². The third kappa shape index (κ3) is 2.22. The highest BCUT2D eigenvalue weighted by Gasteiger charge is 2.43. The molecule has 2 aliphatic heterocycles. The zero-order valence-electron chi connectivity index (χ0n) is 12.1. The van der Waals surface area contributed by atoms with Crippen LogP contribution in [0.4, 0.5) is 0 Å².